The Morgan fingerprint density at radius 1 is 1.03 bits per heavy atom. The van der Waals surface area contributed by atoms with Crippen molar-refractivity contribution in [1.82, 2.24) is 10.8 Å². The maximum atomic E-state index is 13.9. The van der Waals surface area contributed by atoms with E-state index in [9.17, 15) is 18.8 Å². The Kier molecular flexibility index (Phi) is 6.26. The number of hydrogen-bond acceptors (Lipinski definition) is 6. The van der Waals surface area contributed by atoms with E-state index in [1.807, 2.05) is 0 Å². The fourth-order valence-corrected chi connectivity index (χ4v) is 7.17. The number of benzene rings is 2. The number of ether oxygens (including phenoxy) is 2. The van der Waals surface area contributed by atoms with Crippen LogP contribution in [0.4, 0.5) is 0 Å². The minimum absolute atomic E-state index is 0.109. The van der Waals surface area contributed by atoms with Gasteiger partial charge in [0.2, 0.25) is 4.75 Å². The average molecular weight is 462 g/mol. The summed E-state index contributed by atoms with van der Waals surface area (Å²) in [4.78, 5) is 13.0. The van der Waals surface area contributed by atoms with Crippen molar-refractivity contribution < 1.29 is 28.2 Å². The molecule has 9 heteroatoms. The topological polar surface area (TPSA) is 117 Å². The zero-order valence-corrected chi connectivity index (χ0v) is 18.8. The standard InChI is InChI=1S/C23H28N2O6S/c1-30-17-5-7-18(8-6-17)31-19-3-2-4-20(15-19)32(28,29)23(21(26)25-27)10-9-22(16-23)11-13-24-14-12-22/h2-8,15,24H,9-14,16H2,1H3,(H2-,25,26,27,28,29)/p+1. The van der Waals surface area contributed by atoms with Crippen LogP contribution in [-0.4, -0.2) is 40.6 Å². The molecule has 4 rings (SSSR count). The summed E-state index contributed by atoms with van der Waals surface area (Å²) >= 11 is 0. The van der Waals surface area contributed by atoms with Gasteiger partial charge in [-0.2, -0.15) is 4.55 Å². The fraction of sp³-hybridized carbons (Fsp3) is 0.435. The molecule has 2 atom stereocenters. The van der Waals surface area contributed by atoms with Crippen molar-refractivity contribution in [2.75, 3.05) is 20.2 Å². The molecule has 0 aromatic heterocycles. The molecule has 1 aliphatic carbocycles. The Bertz CT molecular complexity index is 1020. The maximum absolute atomic E-state index is 13.9. The molecule has 1 saturated carbocycles. The van der Waals surface area contributed by atoms with Crippen LogP contribution < -0.4 is 20.3 Å². The minimum atomic E-state index is -3.85. The molecule has 2 fully saturated rings. The first-order chi connectivity index (χ1) is 15.3. The number of hydrogen-bond donors (Lipinski definition) is 4. The molecular formula is C23H29N2O6S+. The summed E-state index contributed by atoms with van der Waals surface area (Å²) in [6.45, 7) is 1.63. The van der Waals surface area contributed by atoms with Crippen LogP contribution in [0, 0.1) is 5.41 Å². The van der Waals surface area contributed by atoms with Crippen LogP contribution in [0.1, 0.15) is 32.1 Å². The summed E-state index contributed by atoms with van der Waals surface area (Å²) in [5.74, 6) is 0.810. The molecule has 32 heavy (non-hydrogen) atoms. The van der Waals surface area contributed by atoms with Gasteiger partial charge in [0.15, 0.2) is 4.90 Å². The fourth-order valence-electron chi connectivity index (χ4n) is 5.01. The van der Waals surface area contributed by atoms with Gasteiger partial charge in [-0.25, -0.2) is 5.48 Å². The number of rotatable bonds is 6. The van der Waals surface area contributed by atoms with Gasteiger partial charge in [0.25, 0.3) is 10.2 Å². The molecule has 1 amide bonds. The van der Waals surface area contributed by atoms with E-state index in [0.717, 1.165) is 25.9 Å². The van der Waals surface area contributed by atoms with Crippen LogP contribution in [0.2, 0.25) is 0 Å². The lowest BCUT2D eigenvalue weighted by Crippen LogP contribution is -2.54. The van der Waals surface area contributed by atoms with Gasteiger partial charge in [0.1, 0.15) is 17.2 Å². The third-order valence-corrected chi connectivity index (χ3v) is 9.34. The Labute approximate surface area is 188 Å². The Hall–Kier alpha value is -2.46. The van der Waals surface area contributed by atoms with Crippen molar-refractivity contribution in [2.24, 2.45) is 5.41 Å². The van der Waals surface area contributed by atoms with Gasteiger partial charge in [-0.05, 0) is 74.2 Å². The van der Waals surface area contributed by atoms with E-state index in [1.165, 1.54) is 12.1 Å². The number of carbonyl (C=O) groups excluding carboxylic acids is 1. The van der Waals surface area contributed by atoms with Gasteiger partial charge in [-0.1, -0.05) is 10.3 Å². The number of piperidine rings is 1. The summed E-state index contributed by atoms with van der Waals surface area (Å²) in [5.41, 5.74) is 1.49. The highest BCUT2D eigenvalue weighted by Crippen LogP contribution is 2.55. The van der Waals surface area contributed by atoms with Gasteiger partial charge in [0, 0.05) is 18.9 Å². The highest BCUT2D eigenvalue weighted by atomic mass is 32.3. The lowest BCUT2D eigenvalue weighted by atomic mass is 9.77. The van der Waals surface area contributed by atoms with E-state index in [-0.39, 0.29) is 23.2 Å². The van der Waals surface area contributed by atoms with Gasteiger partial charge >= 0.3 is 5.91 Å². The predicted molar refractivity (Wildman–Crippen MR) is 120 cm³/mol. The highest BCUT2D eigenvalue weighted by molar-refractivity contribution is 7.99. The van der Waals surface area contributed by atoms with Crippen LogP contribution >= 0.6 is 0 Å². The molecule has 0 bridgehead atoms. The summed E-state index contributed by atoms with van der Waals surface area (Å²) < 4.78 is 34.7. The van der Waals surface area contributed by atoms with Crippen molar-refractivity contribution in [3.63, 3.8) is 0 Å². The van der Waals surface area contributed by atoms with Crippen LogP contribution in [-0.2, 0) is 19.2 Å². The van der Waals surface area contributed by atoms with Crippen LogP contribution in [0.3, 0.4) is 0 Å². The molecule has 2 aromatic rings. The van der Waals surface area contributed by atoms with Crippen molar-refractivity contribution in [1.29, 1.82) is 0 Å². The van der Waals surface area contributed by atoms with Crippen molar-refractivity contribution in [3.05, 3.63) is 48.5 Å². The van der Waals surface area contributed by atoms with Gasteiger partial charge in [0.05, 0.1) is 7.11 Å². The lowest BCUT2D eigenvalue weighted by molar-refractivity contribution is -0.132. The van der Waals surface area contributed by atoms with Crippen LogP contribution in [0.15, 0.2) is 53.4 Å². The third-order valence-electron chi connectivity index (χ3n) is 6.85. The molecule has 2 aromatic carbocycles. The number of methoxy groups -OCH3 is 1. The number of hydroxylamine groups is 1. The van der Waals surface area contributed by atoms with Crippen molar-refractivity contribution >= 4 is 16.1 Å². The Morgan fingerprint density at radius 3 is 2.38 bits per heavy atom. The van der Waals surface area contributed by atoms with Crippen molar-refractivity contribution in [2.45, 2.75) is 41.7 Å². The van der Waals surface area contributed by atoms with Crippen LogP contribution in [0.5, 0.6) is 17.2 Å². The average Bonchev–Trinajstić information content (AvgIpc) is 3.20. The monoisotopic (exact) mass is 461 g/mol. The number of nitrogens with one attached hydrogen (secondary N) is 2. The first-order valence-electron chi connectivity index (χ1n) is 10.7. The molecule has 1 heterocycles. The molecule has 8 nitrogen and oxygen atoms in total. The quantitative estimate of drug-likeness (QED) is 0.295. The van der Waals surface area contributed by atoms with Gasteiger partial charge in [-0.3, -0.25) is 10.0 Å². The first-order valence-corrected chi connectivity index (χ1v) is 12.2. The second-order valence-electron chi connectivity index (χ2n) is 8.64. The molecular weight excluding hydrogens is 432 g/mol. The smallest absolute Gasteiger partial charge is 0.302 e. The molecule has 4 N–H and O–H groups in total. The molecule has 172 valence electrons. The summed E-state index contributed by atoms with van der Waals surface area (Å²) in [6, 6.07) is 13.3. The van der Waals surface area contributed by atoms with Crippen LogP contribution in [0.25, 0.3) is 0 Å². The molecule has 1 spiro atoms. The number of carbonyl (C=O) groups is 1. The summed E-state index contributed by atoms with van der Waals surface area (Å²) in [6.07, 6.45) is 2.83. The van der Waals surface area contributed by atoms with E-state index in [2.05, 4.69) is 5.32 Å². The normalized spacial score (nSPS) is 24.0. The van der Waals surface area contributed by atoms with E-state index in [4.69, 9.17) is 9.47 Å². The second-order valence-corrected chi connectivity index (χ2v) is 10.9. The summed E-state index contributed by atoms with van der Waals surface area (Å²) in [5, 5.41) is 12.8. The molecule has 1 aliphatic heterocycles. The second kappa shape index (κ2) is 8.82. The predicted octanol–water partition coefficient (Wildman–Crippen LogP) is 3.62. The first kappa shape index (κ1) is 22.7. The van der Waals surface area contributed by atoms with E-state index >= 15 is 0 Å². The van der Waals surface area contributed by atoms with Gasteiger partial charge in [-0.15, -0.1) is 0 Å². The zero-order chi connectivity index (χ0) is 22.8. The Balaban J connectivity index is 1.65. The molecule has 2 aliphatic rings. The largest absolute Gasteiger partial charge is 0.497 e. The van der Waals surface area contributed by atoms with Crippen molar-refractivity contribution in [3.8, 4) is 17.2 Å². The molecule has 1 saturated heterocycles. The molecule has 2 unspecified atom stereocenters. The lowest BCUT2D eigenvalue weighted by Gasteiger charge is -2.35. The third kappa shape index (κ3) is 4.01. The Morgan fingerprint density at radius 2 is 1.72 bits per heavy atom. The SMILES string of the molecule is COc1ccc(Oc2cccc([S+](=O)(O)C3(C(=O)NO)CCC4(CCNCC4)C3)c2)cc1. The zero-order valence-electron chi connectivity index (χ0n) is 18.0. The maximum Gasteiger partial charge on any atom is 0.302 e. The van der Waals surface area contributed by atoms with Gasteiger partial charge < -0.3 is 14.8 Å². The number of amides is 1. The van der Waals surface area contributed by atoms with E-state index in [0.29, 0.717) is 23.7 Å². The summed E-state index contributed by atoms with van der Waals surface area (Å²) in [7, 11) is -2.28. The highest BCUT2D eigenvalue weighted by Gasteiger charge is 2.68. The van der Waals surface area contributed by atoms with E-state index in [1.54, 1.807) is 49.0 Å². The van der Waals surface area contributed by atoms with E-state index < -0.39 is 20.9 Å². The minimum Gasteiger partial charge on any atom is -0.497 e. The molecule has 0 radical (unpaired) electrons.